The van der Waals surface area contributed by atoms with E-state index in [1.54, 1.807) is 0 Å². The maximum absolute atomic E-state index is 4.68. The largest absolute Gasteiger partial charge is 0.334 e. The van der Waals surface area contributed by atoms with Crippen LogP contribution in [-0.4, -0.2) is 16.6 Å². The minimum absolute atomic E-state index is 0.747. The quantitative estimate of drug-likeness (QED) is 0.850. The first-order valence-electron chi connectivity index (χ1n) is 6.40. The molecule has 1 heterocycles. The van der Waals surface area contributed by atoms with Gasteiger partial charge in [0.25, 0.3) is 0 Å². The number of imidazole rings is 1. The Labute approximate surface area is 98.3 Å². The lowest BCUT2D eigenvalue weighted by molar-refractivity contribution is 0.426. The summed E-state index contributed by atoms with van der Waals surface area (Å²) in [5.74, 6) is 1.91. The van der Waals surface area contributed by atoms with Gasteiger partial charge in [-0.2, -0.15) is 0 Å². The number of hydrogen-bond donors (Lipinski definition) is 1. The van der Waals surface area contributed by atoms with Crippen LogP contribution in [0.15, 0.2) is 0 Å². The number of aromatic nitrogens is 2. The van der Waals surface area contributed by atoms with Crippen LogP contribution < -0.4 is 5.32 Å². The molecule has 0 radical (unpaired) electrons. The molecule has 0 amide bonds. The second-order valence-corrected chi connectivity index (χ2v) is 4.92. The Hall–Kier alpha value is -0.830. The van der Waals surface area contributed by atoms with Crippen molar-refractivity contribution in [2.75, 3.05) is 7.05 Å². The fourth-order valence-corrected chi connectivity index (χ4v) is 2.97. The summed E-state index contributed by atoms with van der Waals surface area (Å²) in [7, 11) is 4.14. The predicted octanol–water partition coefficient (Wildman–Crippen LogP) is 2.50. The zero-order valence-electron chi connectivity index (χ0n) is 10.7. The van der Waals surface area contributed by atoms with E-state index < -0.39 is 0 Å². The van der Waals surface area contributed by atoms with Crippen molar-refractivity contribution < 1.29 is 0 Å². The van der Waals surface area contributed by atoms with Gasteiger partial charge in [-0.15, -0.1) is 0 Å². The molecule has 1 aromatic rings. The lowest BCUT2D eigenvalue weighted by atomic mass is 9.86. The SMILES string of the molecule is CNCc1nc(C)c(C2CCCCC2)n1C. The molecule has 1 aromatic heterocycles. The fraction of sp³-hybridized carbons (Fsp3) is 0.769. The number of nitrogens with one attached hydrogen (secondary N) is 1. The van der Waals surface area contributed by atoms with Crippen molar-refractivity contribution in [3.63, 3.8) is 0 Å². The van der Waals surface area contributed by atoms with Crippen LogP contribution in [0.4, 0.5) is 0 Å². The third-order valence-corrected chi connectivity index (χ3v) is 3.74. The molecule has 2 rings (SSSR count). The molecule has 1 saturated carbocycles. The van der Waals surface area contributed by atoms with Crippen LogP contribution in [0.1, 0.15) is 55.2 Å². The van der Waals surface area contributed by atoms with Gasteiger partial charge >= 0.3 is 0 Å². The maximum atomic E-state index is 4.68. The molecule has 1 aliphatic rings. The Kier molecular flexibility index (Phi) is 3.64. The topological polar surface area (TPSA) is 29.9 Å². The lowest BCUT2D eigenvalue weighted by Gasteiger charge is -2.23. The molecule has 1 fully saturated rings. The summed E-state index contributed by atoms with van der Waals surface area (Å²) < 4.78 is 2.31. The van der Waals surface area contributed by atoms with E-state index in [0.29, 0.717) is 0 Å². The molecule has 0 atom stereocenters. The summed E-state index contributed by atoms with van der Waals surface area (Å²) in [4.78, 5) is 4.68. The van der Waals surface area contributed by atoms with Crippen LogP contribution in [0.2, 0.25) is 0 Å². The zero-order valence-corrected chi connectivity index (χ0v) is 10.7. The molecule has 1 aliphatic carbocycles. The summed E-state index contributed by atoms with van der Waals surface area (Å²) in [6.45, 7) is 3.02. The van der Waals surface area contributed by atoms with Crippen LogP contribution in [0.25, 0.3) is 0 Å². The van der Waals surface area contributed by atoms with Gasteiger partial charge in [0.05, 0.1) is 12.2 Å². The van der Waals surface area contributed by atoms with Gasteiger partial charge in [0.1, 0.15) is 5.82 Å². The number of nitrogens with zero attached hydrogens (tertiary/aromatic N) is 2. The molecule has 1 N–H and O–H groups in total. The second kappa shape index (κ2) is 5.00. The number of rotatable bonds is 3. The fourth-order valence-electron chi connectivity index (χ4n) is 2.97. The Morgan fingerprint density at radius 2 is 2.00 bits per heavy atom. The van der Waals surface area contributed by atoms with Gasteiger partial charge in [-0.05, 0) is 26.8 Å². The molecule has 0 aliphatic heterocycles. The standard InChI is InChI=1S/C13H23N3/c1-10-13(11-7-5-4-6-8-11)16(3)12(15-10)9-14-2/h11,14H,4-9H2,1-3H3. The highest BCUT2D eigenvalue weighted by Gasteiger charge is 2.22. The van der Waals surface area contributed by atoms with Gasteiger partial charge in [-0.1, -0.05) is 19.3 Å². The van der Waals surface area contributed by atoms with E-state index in [4.69, 9.17) is 0 Å². The molecular formula is C13H23N3. The van der Waals surface area contributed by atoms with Crippen LogP contribution in [0, 0.1) is 6.92 Å². The minimum atomic E-state index is 0.747. The summed E-state index contributed by atoms with van der Waals surface area (Å²) in [6, 6.07) is 0. The van der Waals surface area contributed by atoms with E-state index in [9.17, 15) is 0 Å². The highest BCUT2D eigenvalue weighted by molar-refractivity contribution is 5.20. The van der Waals surface area contributed by atoms with E-state index in [2.05, 4.69) is 28.8 Å². The van der Waals surface area contributed by atoms with Gasteiger partial charge in [-0.25, -0.2) is 4.98 Å². The van der Waals surface area contributed by atoms with Crippen molar-refractivity contribution in [3.8, 4) is 0 Å². The van der Waals surface area contributed by atoms with E-state index >= 15 is 0 Å². The van der Waals surface area contributed by atoms with Crippen LogP contribution in [0.5, 0.6) is 0 Å². The first-order chi connectivity index (χ1) is 7.74. The van der Waals surface area contributed by atoms with Gasteiger partial charge in [0.15, 0.2) is 0 Å². The van der Waals surface area contributed by atoms with E-state index in [1.807, 2.05) is 7.05 Å². The molecule has 0 aromatic carbocycles. The van der Waals surface area contributed by atoms with Crippen molar-refractivity contribution in [2.45, 2.75) is 51.5 Å². The van der Waals surface area contributed by atoms with Crippen LogP contribution in [0.3, 0.4) is 0 Å². The second-order valence-electron chi connectivity index (χ2n) is 4.92. The maximum Gasteiger partial charge on any atom is 0.122 e. The first kappa shape index (κ1) is 11.6. The van der Waals surface area contributed by atoms with Crippen molar-refractivity contribution in [1.29, 1.82) is 0 Å². The van der Waals surface area contributed by atoms with E-state index in [1.165, 1.54) is 49.3 Å². The Bertz CT molecular complexity index is 348. The van der Waals surface area contributed by atoms with Gasteiger partial charge in [0.2, 0.25) is 0 Å². The van der Waals surface area contributed by atoms with E-state index in [0.717, 1.165) is 12.5 Å². The minimum Gasteiger partial charge on any atom is -0.334 e. The third-order valence-electron chi connectivity index (χ3n) is 3.74. The monoisotopic (exact) mass is 221 g/mol. The van der Waals surface area contributed by atoms with Crippen molar-refractivity contribution >= 4 is 0 Å². The average molecular weight is 221 g/mol. The number of aryl methyl sites for hydroxylation is 1. The molecule has 16 heavy (non-hydrogen) atoms. The Morgan fingerprint density at radius 3 is 2.62 bits per heavy atom. The molecule has 0 saturated heterocycles. The predicted molar refractivity (Wildman–Crippen MR) is 66.5 cm³/mol. The average Bonchev–Trinajstić information content (AvgIpc) is 2.56. The molecular weight excluding hydrogens is 198 g/mol. The molecule has 3 heteroatoms. The normalized spacial score (nSPS) is 17.9. The van der Waals surface area contributed by atoms with Crippen LogP contribution in [-0.2, 0) is 13.6 Å². The van der Waals surface area contributed by atoms with Crippen molar-refractivity contribution in [2.24, 2.45) is 7.05 Å². The van der Waals surface area contributed by atoms with Gasteiger partial charge < -0.3 is 9.88 Å². The molecule has 3 nitrogen and oxygen atoms in total. The smallest absolute Gasteiger partial charge is 0.122 e. The van der Waals surface area contributed by atoms with E-state index in [-0.39, 0.29) is 0 Å². The molecule has 0 unspecified atom stereocenters. The Morgan fingerprint density at radius 1 is 1.31 bits per heavy atom. The summed E-state index contributed by atoms with van der Waals surface area (Å²) in [5.41, 5.74) is 2.71. The molecule has 0 spiro atoms. The summed E-state index contributed by atoms with van der Waals surface area (Å²) in [5, 5.41) is 3.18. The molecule has 0 bridgehead atoms. The van der Waals surface area contributed by atoms with Gasteiger partial charge in [0, 0.05) is 18.7 Å². The zero-order chi connectivity index (χ0) is 11.5. The number of hydrogen-bond acceptors (Lipinski definition) is 2. The highest BCUT2D eigenvalue weighted by Crippen LogP contribution is 2.34. The first-order valence-corrected chi connectivity index (χ1v) is 6.40. The third kappa shape index (κ3) is 2.14. The summed E-state index contributed by atoms with van der Waals surface area (Å²) >= 11 is 0. The van der Waals surface area contributed by atoms with Crippen molar-refractivity contribution in [3.05, 3.63) is 17.2 Å². The molecule has 90 valence electrons. The highest BCUT2D eigenvalue weighted by atomic mass is 15.1. The van der Waals surface area contributed by atoms with Crippen LogP contribution >= 0.6 is 0 Å². The van der Waals surface area contributed by atoms with Crippen molar-refractivity contribution in [1.82, 2.24) is 14.9 Å². The lowest BCUT2D eigenvalue weighted by Crippen LogP contribution is -2.14. The van der Waals surface area contributed by atoms with Gasteiger partial charge in [-0.3, -0.25) is 0 Å². The Balaban J connectivity index is 2.24. The summed E-state index contributed by atoms with van der Waals surface area (Å²) in [6.07, 6.45) is 6.88.